The van der Waals surface area contributed by atoms with Gasteiger partial charge in [-0.25, -0.2) is 4.79 Å². The lowest BCUT2D eigenvalue weighted by Gasteiger charge is -2.32. The first-order valence-electron chi connectivity index (χ1n) is 10.1. The molecule has 6 heteroatoms. The normalized spacial score (nSPS) is 16.3. The van der Waals surface area contributed by atoms with E-state index in [1.165, 1.54) is 0 Å². The van der Waals surface area contributed by atoms with E-state index in [9.17, 15) is 9.59 Å². The number of carbonyl (C=O) groups excluding carboxylic acids is 2. The first-order chi connectivity index (χ1) is 14.0. The SMILES string of the molecule is Cc1ccc(NC(=O)N2CCC[C@@H](CCC(=O)NCc3cccc(Cl)c3)C2)cc1. The van der Waals surface area contributed by atoms with Crippen LogP contribution < -0.4 is 10.6 Å². The molecule has 1 atom stereocenters. The van der Waals surface area contributed by atoms with Gasteiger partial charge >= 0.3 is 6.03 Å². The predicted octanol–water partition coefficient (Wildman–Crippen LogP) is 4.99. The van der Waals surface area contributed by atoms with Crippen molar-refractivity contribution in [3.05, 3.63) is 64.7 Å². The van der Waals surface area contributed by atoms with Crippen molar-refractivity contribution in [1.82, 2.24) is 10.2 Å². The van der Waals surface area contributed by atoms with E-state index in [0.717, 1.165) is 42.6 Å². The largest absolute Gasteiger partial charge is 0.352 e. The van der Waals surface area contributed by atoms with Gasteiger partial charge < -0.3 is 15.5 Å². The van der Waals surface area contributed by atoms with Gasteiger partial charge in [0.05, 0.1) is 0 Å². The number of piperidine rings is 1. The number of carbonyl (C=O) groups is 2. The number of nitrogens with one attached hydrogen (secondary N) is 2. The number of anilines is 1. The standard InChI is InChI=1S/C23H28ClN3O2/c1-17-7-10-21(11-8-17)26-23(29)27-13-3-5-18(16-27)9-12-22(28)25-15-19-4-2-6-20(24)14-19/h2,4,6-8,10-11,14,18H,3,5,9,12-13,15-16H2,1H3,(H,25,28)(H,26,29)/t18-/m0/s1. The number of hydrogen-bond acceptors (Lipinski definition) is 2. The van der Waals surface area contributed by atoms with Crippen molar-refractivity contribution in [2.75, 3.05) is 18.4 Å². The molecule has 2 aromatic carbocycles. The maximum absolute atomic E-state index is 12.5. The van der Waals surface area contributed by atoms with E-state index in [2.05, 4.69) is 10.6 Å². The Morgan fingerprint density at radius 1 is 1.17 bits per heavy atom. The molecule has 0 aromatic heterocycles. The quantitative estimate of drug-likeness (QED) is 0.700. The van der Waals surface area contributed by atoms with Crippen molar-refractivity contribution in [1.29, 1.82) is 0 Å². The molecule has 2 N–H and O–H groups in total. The number of urea groups is 1. The van der Waals surface area contributed by atoms with Crippen LogP contribution in [0.5, 0.6) is 0 Å². The van der Waals surface area contributed by atoms with Crippen molar-refractivity contribution in [2.45, 2.75) is 39.2 Å². The number of likely N-dealkylation sites (tertiary alicyclic amines) is 1. The fourth-order valence-corrected chi connectivity index (χ4v) is 3.81. The topological polar surface area (TPSA) is 61.4 Å². The van der Waals surface area contributed by atoms with E-state index < -0.39 is 0 Å². The van der Waals surface area contributed by atoms with Crippen molar-refractivity contribution < 1.29 is 9.59 Å². The molecule has 1 aliphatic rings. The molecule has 5 nitrogen and oxygen atoms in total. The molecule has 1 heterocycles. The third kappa shape index (κ3) is 6.79. The van der Waals surface area contributed by atoms with E-state index in [4.69, 9.17) is 11.6 Å². The molecule has 0 saturated carbocycles. The van der Waals surface area contributed by atoms with Crippen LogP contribution in [0.3, 0.4) is 0 Å². The highest BCUT2D eigenvalue weighted by Crippen LogP contribution is 2.22. The molecular formula is C23H28ClN3O2. The number of nitrogens with zero attached hydrogens (tertiary/aromatic N) is 1. The van der Waals surface area contributed by atoms with Crippen LogP contribution >= 0.6 is 11.6 Å². The van der Waals surface area contributed by atoms with Crippen LogP contribution in [-0.2, 0) is 11.3 Å². The van der Waals surface area contributed by atoms with Crippen LogP contribution in [0, 0.1) is 12.8 Å². The number of amides is 3. The molecular weight excluding hydrogens is 386 g/mol. The van der Waals surface area contributed by atoms with E-state index >= 15 is 0 Å². The van der Waals surface area contributed by atoms with Gasteiger partial charge in [-0.3, -0.25) is 4.79 Å². The summed E-state index contributed by atoms with van der Waals surface area (Å²) >= 11 is 5.97. The molecule has 1 fully saturated rings. The zero-order valence-electron chi connectivity index (χ0n) is 16.8. The van der Waals surface area contributed by atoms with Gasteiger partial charge in [0, 0.05) is 36.8 Å². The van der Waals surface area contributed by atoms with Gasteiger partial charge in [-0.1, -0.05) is 41.4 Å². The minimum absolute atomic E-state index is 0.0335. The highest BCUT2D eigenvalue weighted by molar-refractivity contribution is 6.30. The van der Waals surface area contributed by atoms with E-state index in [-0.39, 0.29) is 11.9 Å². The predicted molar refractivity (Wildman–Crippen MR) is 117 cm³/mol. The lowest BCUT2D eigenvalue weighted by Crippen LogP contribution is -2.42. The van der Waals surface area contributed by atoms with Gasteiger partial charge in [0.15, 0.2) is 0 Å². The number of rotatable bonds is 6. The van der Waals surface area contributed by atoms with E-state index in [1.807, 2.05) is 60.4 Å². The molecule has 2 aromatic rings. The maximum Gasteiger partial charge on any atom is 0.321 e. The summed E-state index contributed by atoms with van der Waals surface area (Å²) in [7, 11) is 0. The maximum atomic E-state index is 12.5. The Balaban J connectivity index is 1.41. The Kier molecular flexibility index (Phi) is 7.53. The summed E-state index contributed by atoms with van der Waals surface area (Å²) in [6.07, 6.45) is 3.28. The summed E-state index contributed by atoms with van der Waals surface area (Å²) in [5.74, 6) is 0.385. The average Bonchev–Trinajstić information content (AvgIpc) is 2.72. The zero-order valence-corrected chi connectivity index (χ0v) is 17.5. The minimum Gasteiger partial charge on any atom is -0.352 e. The summed E-state index contributed by atoms with van der Waals surface area (Å²) in [4.78, 5) is 26.6. The van der Waals surface area contributed by atoms with Crippen molar-refractivity contribution in [2.24, 2.45) is 5.92 Å². The molecule has 3 amide bonds. The summed E-state index contributed by atoms with van der Waals surface area (Å²) < 4.78 is 0. The van der Waals surface area contributed by atoms with Crippen LogP contribution in [0.2, 0.25) is 5.02 Å². The molecule has 0 unspecified atom stereocenters. The number of hydrogen-bond donors (Lipinski definition) is 2. The average molecular weight is 414 g/mol. The monoisotopic (exact) mass is 413 g/mol. The molecule has 0 spiro atoms. The molecule has 1 saturated heterocycles. The van der Waals surface area contributed by atoms with Crippen molar-refractivity contribution >= 4 is 29.2 Å². The van der Waals surface area contributed by atoms with E-state index in [1.54, 1.807) is 0 Å². The van der Waals surface area contributed by atoms with E-state index in [0.29, 0.717) is 30.5 Å². The molecule has 1 aliphatic heterocycles. The Hall–Kier alpha value is -2.53. The van der Waals surface area contributed by atoms with Crippen LogP contribution in [-0.4, -0.2) is 29.9 Å². The van der Waals surface area contributed by atoms with Gasteiger partial charge in [0.1, 0.15) is 0 Å². The summed E-state index contributed by atoms with van der Waals surface area (Å²) in [6, 6.07) is 15.2. The van der Waals surface area contributed by atoms with Crippen LogP contribution in [0.1, 0.15) is 36.8 Å². The highest BCUT2D eigenvalue weighted by atomic mass is 35.5. The smallest absolute Gasteiger partial charge is 0.321 e. The van der Waals surface area contributed by atoms with Crippen LogP contribution in [0.4, 0.5) is 10.5 Å². The third-order valence-corrected chi connectivity index (χ3v) is 5.50. The Bertz CT molecular complexity index is 838. The second-order valence-electron chi connectivity index (χ2n) is 7.70. The summed E-state index contributed by atoms with van der Waals surface area (Å²) in [5, 5.41) is 6.58. The first kappa shape index (κ1) is 21.2. The van der Waals surface area contributed by atoms with Crippen LogP contribution in [0.25, 0.3) is 0 Å². The fraction of sp³-hybridized carbons (Fsp3) is 0.391. The van der Waals surface area contributed by atoms with Crippen molar-refractivity contribution in [3.63, 3.8) is 0 Å². The molecule has 0 bridgehead atoms. The van der Waals surface area contributed by atoms with Gasteiger partial charge in [0.2, 0.25) is 5.91 Å². The zero-order chi connectivity index (χ0) is 20.6. The third-order valence-electron chi connectivity index (χ3n) is 5.27. The molecule has 0 aliphatic carbocycles. The second kappa shape index (κ2) is 10.3. The minimum atomic E-state index is -0.0658. The van der Waals surface area contributed by atoms with Gasteiger partial charge in [-0.2, -0.15) is 0 Å². The highest BCUT2D eigenvalue weighted by Gasteiger charge is 2.24. The Labute approximate surface area is 177 Å². The summed E-state index contributed by atoms with van der Waals surface area (Å²) in [6.45, 7) is 3.95. The first-order valence-corrected chi connectivity index (χ1v) is 10.5. The lowest BCUT2D eigenvalue weighted by atomic mass is 9.93. The molecule has 154 valence electrons. The van der Waals surface area contributed by atoms with Gasteiger partial charge in [-0.15, -0.1) is 0 Å². The van der Waals surface area contributed by atoms with Gasteiger partial charge in [0.25, 0.3) is 0 Å². The number of benzene rings is 2. The lowest BCUT2D eigenvalue weighted by molar-refractivity contribution is -0.121. The van der Waals surface area contributed by atoms with Gasteiger partial charge in [-0.05, 0) is 61.9 Å². The second-order valence-corrected chi connectivity index (χ2v) is 8.13. The molecule has 29 heavy (non-hydrogen) atoms. The molecule has 3 rings (SSSR count). The summed E-state index contributed by atoms with van der Waals surface area (Å²) in [5.41, 5.74) is 2.96. The van der Waals surface area contributed by atoms with Crippen molar-refractivity contribution in [3.8, 4) is 0 Å². The Morgan fingerprint density at radius 2 is 1.97 bits per heavy atom. The fourth-order valence-electron chi connectivity index (χ4n) is 3.60. The Morgan fingerprint density at radius 3 is 2.72 bits per heavy atom. The number of halogens is 1. The van der Waals surface area contributed by atoms with Crippen LogP contribution in [0.15, 0.2) is 48.5 Å². The number of aryl methyl sites for hydroxylation is 1. The molecule has 0 radical (unpaired) electrons.